The summed E-state index contributed by atoms with van der Waals surface area (Å²) in [6, 6.07) is 14.5. The average Bonchev–Trinajstić information content (AvgIpc) is 2.55. The maximum absolute atomic E-state index is 11.8. The van der Waals surface area contributed by atoms with Gasteiger partial charge in [0.2, 0.25) is 5.91 Å². The fourth-order valence-corrected chi connectivity index (χ4v) is 3.13. The standard InChI is InChI=1S/C20H25NO2S/c1-15-4-7-18(8-5-15)13-24-14-20(22)21-10-11-23-19-9-6-16(2)12-17(19)3/h4-9,12H,10-11,13-14H2,1-3H3,(H,21,22). The molecule has 0 saturated heterocycles. The first kappa shape index (κ1) is 18.4. The normalized spacial score (nSPS) is 10.5. The van der Waals surface area contributed by atoms with Crippen LogP contribution in [0.15, 0.2) is 42.5 Å². The lowest BCUT2D eigenvalue weighted by Gasteiger charge is -2.10. The highest BCUT2D eigenvalue weighted by molar-refractivity contribution is 7.99. The maximum atomic E-state index is 11.8. The number of nitrogens with one attached hydrogen (secondary N) is 1. The predicted octanol–water partition coefficient (Wildman–Crippen LogP) is 4.04. The molecule has 0 unspecified atom stereocenters. The van der Waals surface area contributed by atoms with Crippen molar-refractivity contribution >= 4 is 17.7 Å². The molecule has 3 nitrogen and oxygen atoms in total. The Kier molecular flexibility index (Phi) is 7.19. The smallest absolute Gasteiger partial charge is 0.230 e. The van der Waals surface area contributed by atoms with E-state index < -0.39 is 0 Å². The second kappa shape index (κ2) is 9.38. The van der Waals surface area contributed by atoms with Gasteiger partial charge in [0.1, 0.15) is 12.4 Å². The number of amides is 1. The van der Waals surface area contributed by atoms with Crippen LogP contribution in [0.3, 0.4) is 0 Å². The van der Waals surface area contributed by atoms with E-state index in [2.05, 4.69) is 49.5 Å². The highest BCUT2D eigenvalue weighted by Gasteiger charge is 2.03. The minimum atomic E-state index is 0.0522. The molecule has 0 fully saturated rings. The zero-order valence-corrected chi connectivity index (χ0v) is 15.4. The summed E-state index contributed by atoms with van der Waals surface area (Å²) >= 11 is 1.63. The molecule has 0 aliphatic rings. The van der Waals surface area contributed by atoms with Crippen molar-refractivity contribution in [3.63, 3.8) is 0 Å². The van der Waals surface area contributed by atoms with Gasteiger partial charge in [-0.15, -0.1) is 11.8 Å². The molecule has 0 radical (unpaired) electrons. The Labute approximate surface area is 148 Å². The van der Waals surface area contributed by atoms with E-state index in [-0.39, 0.29) is 5.91 Å². The zero-order valence-electron chi connectivity index (χ0n) is 14.6. The number of hydrogen-bond donors (Lipinski definition) is 1. The van der Waals surface area contributed by atoms with Crippen LogP contribution in [0.4, 0.5) is 0 Å². The van der Waals surface area contributed by atoms with Gasteiger partial charge in [-0.2, -0.15) is 0 Å². The lowest BCUT2D eigenvalue weighted by Crippen LogP contribution is -2.29. The SMILES string of the molecule is Cc1ccc(CSCC(=O)NCCOc2ccc(C)cc2C)cc1. The molecule has 1 amide bonds. The molecule has 0 spiro atoms. The van der Waals surface area contributed by atoms with Crippen LogP contribution in [-0.2, 0) is 10.5 Å². The molecule has 0 bridgehead atoms. The van der Waals surface area contributed by atoms with Crippen molar-refractivity contribution in [2.45, 2.75) is 26.5 Å². The average molecular weight is 343 g/mol. The van der Waals surface area contributed by atoms with E-state index in [1.807, 2.05) is 19.1 Å². The van der Waals surface area contributed by atoms with Crippen LogP contribution in [0.5, 0.6) is 5.75 Å². The molecule has 0 aliphatic carbocycles. The summed E-state index contributed by atoms with van der Waals surface area (Å²) in [5.41, 5.74) is 4.84. The molecule has 2 rings (SSSR count). The predicted molar refractivity (Wildman–Crippen MR) is 102 cm³/mol. The Bertz CT molecular complexity index is 668. The molecular weight excluding hydrogens is 318 g/mol. The number of hydrogen-bond acceptors (Lipinski definition) is 3. The van der Waals surface area contributed by atoms with E-state index in [0.29, 0.717) is 18.9 Å². The summed E-state index contributed by atoms with van der Waals surface area (Å²) in [7, 11) is 0. The fourth-order valence-electron chi connectivity index (χ4n) is 2.31. The quantitative estimate of drug-likeness (QED) is 0.735. The molecule has 128 valence electrons. The van der Waals surface area contributed by atoms with E-state index in [9.17, 15) is 4.79 Å². The van der Waals surface area contributed by atoms with E-state index in [0.717, 1.165) is 17.1 Å². The lowest BCUT2D eigenvalue weighted by molar-refractivity contribution is -0.118. The Morgan fingerprint density at radius 1 is 1.04 bits per heavy atom. The highest BCUT2D eigenvalue weighted by atomic mass is 32.2. The van der Waals surface area contributed by atoms with Gasteiger partial charge >= 0.3 is 0 Å². The monoisotopic (exact) mass is 343 g/mol. The van der Waals surface area contributed by atoms with Crippen LogP contribution in [0.1, 0.15) is 22.3 Å². The highest BCUT2D eigenvalue weighted by Crippen LogP contribution is 2.18. The van der Waals surface area contributed by atoms with Gasteiger partial charge in [-0.05, 0) is 38.0 Å². The summed E-state index contributed by atoms with van der Waals surface area (Å²) in [5.74, 6) is 2.25. The summed E-state index contributed by atoms with van der Waals surface area (Å²) in [6.45, 7) is 7.17. The van der Waals surface area contributed by atoms with Gasteiger partial charge in [0.15, 0.2) is 0 Å². The summed E-state index contributed by atoms with van der Waals surface area (Å²) < 4.78 is 5.71. The second-order valence-corrected chi connectivity index (χ2v) is 6.93. The molecule has 0 atom stereocenters. The van der Waals surface area contributed by atoms with Gasteiger partial charge in [-0.1, -0.05) is 47.5 Å². The largest absolute Gasteiger partial charge is 0.491 e. The van der Waals surface area contributed by atoms with Gasteiger partial charge in [0.25, 0.3) is 0 Å². The van der Waals surface area contributed by atoms with Crippen molar-refractivity contribution in [1.29, 1.82) is 0 Å². The van der Waals surface area contributed by atoms with Gasteiger partial charge in [0.05, 0.1) is 12.3 Å². The van der Waals surface area contributed by atoms with E-state index >= 15 is 0 Å². The Morgan fingerprint density at radius 2 is 1.75 bits per heavy atom. The number of carbonyl (C=O) groups is 1. The number of carbonyl (C=O) groups excluding carboxylic acids is 1. The molecule has 0 saturated carbocycles. The zero-order chi connectivity index (χ0) is 17.4. The minimum Gasteiger partial charge on any atom is -0.491 e. The van der Waals surface area contributed by atoms with E-state index in [1.54, 1.807) is 11.8 Å². The molecule has 1 N–H and O–H groups in total. The number of aryl methyl sites for hydroxylation is 3. The molecule has 0 aliphatic heterocycles. The van der Waals surface area contributed by atoms with Crippen molar-refractivity contribution in [1.82, 2.24) is 5.32 Å². The summed E-state index contributed by atoms with van der Waals surface area (Å²) in [6.07, 6.45) is 0. The maximum Gasteiger partial charge on any atom is 0.230 e. The Morgan fingerprint density at radius 3 is 2.46 bits per heavy atom. The first-order chi connectivity index (χ1) is 11.5. The Balaban J connectivity index is 1.60. The van der Waals surface area contributed by atoms with Crippen molar-refractivity contribution in [3.8, 4) is 5.75 Å². The van der Waals surface area contributed by atoms with Crippen LogP contribution in [0.2, 0.25) is 0 Å². The third-order valence-corrected chi connectivity index (χ3v) is 4.64. The minimum absolute atomic E-state index is 0.0522. The van der Waals surface area contributed by atoms with Crippen LogP contribution in [0, 0.1) is 20.8 Å². The molecule has 0 heterocycles. The first-order valence-corrected chi connectivity index (χ1v) is 9.30. The topological polar surface area (TPSA) is 38.3 Å². The molecular formula is C20H25NO2S. The van der Waals surface area contributed by atoms with Gasteiger partial charge < -0.3 is 10.1 Å². The van der Waals surface area contributed by atoms with Crippen molar-refractivity contribution in [3.05, 3.63) is 64.7 Å². The molecule has 24 heavy (non-hydrogen) atoms. The van der Waals surface area contributed by atoms with Crippen molar-refractivity contribution < 1.29 is 9.53 Å². The van der Waals surface area contributed by atoms with E-state index in [1.165, 1.54) is 16.7 Å². The number of rotatable bonds is 8. The third kappa shape index (κ3) is 6.28. The molecule has 4 heteroatoms. The lowest BCUT2D eigenvalue weighted by atomic mass is 10.1. The molecule has 2 aromatic rings. The number of thioether (sulfide) groups is 1. The van der Waals surface area contributed by atoms with Gasteiger partial charge in [0, 0.05) is 5.75 Å². The van der Waals surface area contributed by atoms with Crippen molar-refractivity contribution in [2.75, 3.05) is 18.9 Å². The number of ether oxygens (including phenoxy) is 1. The molecule has 2 aromatic carbocycles. The molecule has 0 aromatic heterocycles. The fraction of sp³-hybridized carbons (Fsp3) is 0.350. The van der Waals surface area contributed by atoms with Crippen LogP contribution >= 0.6 is 11.8 Å². The second-order valence-electron chi connectivity index (χ2n) is 5.95. The van der Waals surface area contributed by atoms with E-state index in [4.69, 9.17) is 4.74 Å². The van der Waals surface area contributed by atoms with Crippen molar-refractivity contribution in [2.24, 2.45) is 0 Å². The van der Waals surface area contributed by atoms with Crippen LogP contribution in [-0.4, -0.2) is 24.8 Å². The summed E-state index contributed by atoms with van der Waals surface area (Å²) in [4.78, 5) is 11.8. The van der Waals surface area contributed by atoms with Crippen LogP contribution < -0.4 is 10.1 Å². The first-order valence-electron chi connectivity index (χ1n) is 8.14. The van der Waals surface area contributed by atoms with Crippen LogP contribution in [0.25, 0.3) is 0 Å². The Hall–Kier alpha value is -1.94. The number of benzene rings is 2. The third-order valence-electron chi connectivity index (χ3n) is 3.63. The van der Waals surface area contributed by atoms with Gasteiger partial charge in [-0.3, -0.25) is 4.79 Å². The summed E-state index contributed by atoms with van der Waals surface area (Å²) in [5, 5.41) is 2.89. The van der Waals surface area contributed by atoms with Gasteiger partial charge in [-0.25, -0.2) is 0 Å².